The summed E-state index contributed by atoms with van der Waals surface area (Å²) in [6, 6.07) is 8.66. The van der Waals surface area contributed by atoms with Crippen LogP contribution >= 0.6 is 0 Å². The van der Waals surface area contributed by atoms with Gasteiger partial charge in [0.25, 0.3) is 0 Å². The predicted octanol–water partition coefficient (Wildman–Crippen LogP) is 2.08. The second-order valence-electron chi connectivity index (χ2n) is 5.63. The molecule has 1 saturated heterocycles. The van der Waals surface area contributed by atoms with Gasteiger partial charge in [0.15, 0.2) is 0 Å². The number of benzene rings is 1. The number of hydrogen-bond acceptors (Lipinski definition) is 4. The van der Waals surface area contributed by atoms with Crippen molar-refractivity contribution in [1.82, 2.24) is 4.90 Å². The zero-order valence-corrected chi connectivity index (χ0v) is 12.0. The first-order valence-electron chi connectivity index (χ1n) is 7.53. The van der Waals surface area contributed by atoms with Crippen LogP contribution in [0.15, 0.2) is 24.3 Å². The normalized spacial score (nSPS) is 23.3. The largest absolute Gasteiger partial charge is 0.493 e. The molecule has 0 bridgehead atoms. The molecule has 2 aliphatic rings. The molecule has 114 valence electrons. The van der Waals surface area contributed by atoms with Crippen molar-refractivity contribution in [2.45, 2.75) is 31.4 Å². The summed E-state index contributed by atoms with van der Waals surface area (Å²) < 4.78 is 11.1. The molecular formula is C16H21NO4. The quantitative estimate of drug-likeness (QED) is 0.920. The van der Waals surface area contributed by atoms with E-state index < -0.39 is 5.97 Å². The van der Waals surface area contributed by atoms with Gasteiger partial charge in [-0.3, -0.25) is 4.90 Å². The lowest BCUT2D eigenvalue weighted by Gasteiger charge is -2.39. The molecule has 0 spiro atoms. The molecule has 0 amide bonds. The molecule has 0 radical (unpaired) electrons. The summed E-state index contributed by atoms with van der Waals surface area (Å²) >= 11 is 0. The molecule has 5 nitrogen and oxygen atoms in total. The maximum Gasteiger partial charge on any atom is 0.329 e. The minimum absolute atomic E-state index is 0.0763. The fourth-order valence-electron chi connectivity index (χ4n) is 3.25. The van der Waals surface area contributed by atoms with Gasteiger partial charge >= 0.3 is 5.97 Å². The molecule has 1 N–H and O–H groups in total. The lowest BCUT2D eigenvalue weighted by Crippen LogP contribution is -2.41. The third-order valence-electron chi connectivity index (χ3n) is 4.29. The van der Waals surface area contributed by atoms with Gasteiger partial charge in [-0.05, 0) is 18.9 Å². The Morgan fingerprint density at radius 3 is 2.81 bits per heavy atom. The van der Waals surface area contributed by atoms with E-state index in [1.54, 1.807) is 0 Å². The van der Waals surface area contributed by atoms with Crippen LogP contribution in [0.2, 0.25) is 0 Å². The highest BCUT2D eigenvalue weighted by molar-refractivity contribution is 5.68. The highest BCUT2D eigenvalue weighted by Crippen LogP contribution is 2.37. The third-order valence-corrected chi connectivity index (χ3v) is 4.29. The number of para-hydroxylation sites is 1. The van der Waals surface area contributed by atoms with Crippen molar-refractivity contribution in [1.29, 1.82) is 0 Å². The van der Waals surface area contributed by atoms with Crippen molar-refractivity contribution < 1.29 is 19.4 Å². The standard InChI is InChI=1S/C16H21NO4/c18-16(19)11-21-12-5-8-17(9-6-12)14-7-10-20-15-4-2-1-3-13(14)15/h1-4,12,14H,5-11H2,(H,18,19). The van der Waals surface area contributed by atoms with Crippen LogP contribution in [0.1, 0.15) is 30.9 Å². The van der Waals surface area contributed by atoms with Gasteiger partial charge in [-0.25, -0.2) is 4.79 Å². The van der Waals surface area contributed by atoms with Crippen LogP contribution in [0, 0.1) is 0 Å². The Hall–Kier alpha value is -1.59. The molecule has 0 saturated carbocycles. The number of ether oxygens (including phenoxy) is 2. The number of likely N-dealkylation sites (tertiary alicyclic amines) is 1. The topological polar surface area (TPSA) is 59.0 Å². The summed E-state index contributed by atoms with van der Waals surface area (Å²) in [6.45, 7) is 2.47. The van der Waals surface area contributed by atoms with Gasteiger partial charge in [0.05, 0.1) is 12.7 Å². The number of aliphatic carboxylic acids is 1. The Morgan fingerprint density at radius 2 is 2.05 bits per heavy atom. The first-order valence-corrected chi connectivity index (χ1v) is 7.53. The molecule has 3 rings (SSSR count). The monoisotopic (exact) mass is 291 g/mol. The molecule has 0 aromatic heterocycles. The third kappa shape index (κ3) is 3.36. The Kier molecular flexibility index (Phi) is 4.41. The van der Waals surface area contributed by atoms with E-state index in [4.69, 9.17) is 14.6 Å². The summed E-state index contributed by atoms with van der Waals surface area (Å²) in [7, 11) is 0. The number of piperidine rings is 1. The molecule has 2 aliphatic heterocycles. The van der Waals surface area contributed by atoms with E-state index in [0.717, 1.165) is 44.7 Å². The number of carboxylic acid groups (broad SMARTS) is 1. The van der Waals surface area contributed by atoms with Crippen LogP contribution in [-0.4, -0.2) is 48.4 Å². The Balaban J connectivity index is 1.59. The number of fused-ring (bicyclic) bond motifs is 1. The molecule has 1 aromatic carbocycles. The lowest BCUT2D eigenvalue weighted by atomic mass is 9.96. The Labute approximate surface area is 124 Å². The minimum Gasteiger partial charge on any atom is -0.493 e. The van der Waals surface area contributed by atoms with Gasteiger partial charge < -0.3 is 14.6 Å². The van der Waals surface area contributed by atoms with Gasteiger partial charge in [0.1, 0.15) is 12.4 Å². The van der Waals surface area contributed by atoms with Crippen LogP contribution in [0.5, 0.6) is 5.75 Å². The predicted molar refractivity (Wildman–Crippen MR) is 77.5 cm³/mol. The molecule has 1 aromatic rings. The van der Waals surface area contributed by atoms with Gasteiger partial charge in [0, 0.05) is 31.1 Å². The van der Waals surface area contributed by atoms with E-state index in [1.165, 1.54) is 5.56 Å². The van der Waals surface area contributed by atoms with Crippen molar-refractivity contribution in [3.05, 3.63) is 29.8 Å². The van der Waals surface area contributed by atoms with E-state index in [2.05, 4.69) is 17.0 Å². The number of carbonyl (C=O) groups is 1. The first-order chi connectivity index (χ1) is 10.2. The zero-order valence-electron chi connectivity index (χ0n) is 12.0. The summed E-state index contributed by atoms with van der Waals surface area (Å²) in [5.74, 6) is 0.105. The summed E-state index contributed by atoms with van der Waals surface area (Å²) in [4.78, 5) is 13.0. The molecule has 1 fully saturated rings. The Bertz CT molecular complexity index is 497. The molecule has 5 heteroatoms. The van der Waals surface area contributed by atoms with E-state index in [0.29, 0.717) is 6.04 Å². The highest BCUT2D eigenvalue weighted by atomic mass is 16.5. The molecule has 1 unspecified atom stereocenters. The van der Waals surface area contributed by atoms with Crippen molar-refractivity contribution in [3.63, 3.8) is 0 Å². The average Bonchev–Trinajstić information content (AvgIpc) is 2.53. The van der Waals surface area contributed by atoms with Crippen molar-refractivity contribution in [2.24, 2.45) is 0 Å². The molecular weight excluding hydrogens is 270 g/mol. The van der Waals surface area contributed by atoms with E-state index >= 15 is 0 Å². The number of rotatable bonds is 4. The highest BCUT2D eigenvalue weighted by Gasteiger charge is 2.30. The molecule has 2 heterocycles. The van der Waals surface area contributed by atoms with Gasteiger partial charge in [-0.1, -0.05) is 18.2 Å². The van der Waals surface area contributed by atoms with Gasteiger partial charge in [-0.2, -0.15) is 0 Å². The van der Waals surface area contributed by atoms with Crippen molar-refractivity contribution >= 4 is 5.97 Å². The van der Waals surface area contributed by atoms with Crippen LogP contribution in [0.25, 0.3) is 0 Å². The van der Waals surface area contributed by atoms with Crippen molar-refractivity contribution in [3.8, 4) is 5.75 Å². The maximum absolute atomic E-state index is 10.5. The van der Waals surface area contributed by atoms with Gasteiger partial charge in [0.2, 0.25) is 0 Å². The minimum atomic E-state index is -0.893. The van der Waals surface area contributed by atoms with E-state index in [1.807, 2.05) is 12.1 Å². The van der Waals surface area contributed by atoms with E-state index in [9.17, 15) is 4.79 Å². The number of hydrogen-bond donors (Lipinski definition) is 1. The number of nitrogens with zero attached hydrogens (tertiary/aromatic N) is 1. The summed E-state index contributed by atoms with van der Waals surface area (Å²) in [5.41, 5.74) is 1.27. The second-order valence-corrected chi connectivity index (χ2v) is 5.63. The average molecular weight is 291 g/mol. The smallest absolute Gasteiger partial charge is 0.329 e. The van der Waals surface area contributed by atoms with Crippen LogP contribution in [0.4, 0.5) is 0 Å². The molecule has 0 aliphatic carbocycles. The maximum atomic E-state index is 10.5. The first kappa shape index (κ1) is 14.4. The summed E-state index contributed by atoms with van der Waals surface area (Å²) in [6.07, 6.45) is 2.88. The van der Waals surface area contributed by atoms with Crippen LogP contribution in [-0.2, 0) is 9.53 Å². The fraction of sp³-hybridized carbons (Fsp3) is 0.562. The van der Waals surface area contributed by atoms with Crippen LogP contribution < -0.4 is 4.74 Å². The summed E-state index contributed by atoms with van der Waals surface area (Å²) in [5, 5.41) is 8.66. The number of carboxylic acids is 1. The molecule has 21 heavy (non-hydrogen) atoms. The van der Waals surface area contributed by atoms with Gasteiger partial charge in [-0.15, -0.1) is 0 Å². The van der Waals surface area contributed by atoms with Crippen molar-refractivity contribution in [2.75, 3.05) is 26.3 Å². The lowest BCUT2D eigenvalue weighted by molar-refractivity contribution is -0.145. The SMILES string of the molecule is O=C(O)COC1CCN(C2CCOc3ccccc32)CC1. The molecule has 1 atom stereocenters. The fourth-order valence-corrected chi connectivity index (χ4v) is 3.25. The van der Waals surface area contributed by atoms with Crippen LogP contribution in [0.3, 0.4) is 0 Å². The second kappa shape index (κ2) is 6.45. The Morgan fingerprint density at radius 1 is 1.29 bits per heavy atom. The zero-order chi connectivity index (χ0) is 14.7. The van der Waals surface area contributed by atoms with E-state index in [-0.39, 0.29) is 12.7 Å².